The number of anilines is 1. The number of fused-ring (bicyclic) bond motifs is 3. The average Bonchev–Trinajstić information content (AvgIpc) is 3.39. The van der Waals surface area contributed by atoms with E-state index in [2.05, 4.69) is 41.1 Å². The molecule has 1 N–H and O–H groups in total. The van der Waals surface area contributed by atoms with Crippen molar-refractivity contribution < 1.29 is 14.3 Å². The molecule has 1 saturated heterocycles. The molecule has 0 radical (unpaired) electrons. The van der Waals surface area contributed by atoms with Crippen molar-refractivity contribution in [2.75, 3.05) is 32.1 Å². The molecule has 7 heteroatoms. The van der Waals surface area contributed by atoms with E-state index in [1.807, 2.05) is 89.6 Å². The number of hydrogen-bond acceptors (Lipinski definition) is 4. The van der Waals surface area contributed by atoms with Gasteiger partial charge in [-0.05, 0) is 91.2 Å². The lowest BCUT2D eigenvalue weighted by Gasteiger charge is -2.42. The van der Waals surface area contributed by atoms with Crippen LogP contribution in [0.15, 0.2) is 97.1 Å². The molecule has 0 atom stereocenters. The van der Waals surface area contributed by atoms with Crippen molar-refractivity contribution in [1.29, 1.82) is 0 Å². The number of methoxy groups -OCH3 is 1. The second kappa shape index (κ2) is 11.6. The normalized spacial score (nSPS) is 15.6. The van der Waals surface area contributed by atoms with Crippen LogP contribution in [0.3, 0.4) is 0 Å². The van der Waals surface area contributed by atoms with Crippen molar-refractivity contribution in [1.82, 2.24) is 14.8 Å². The topological polar surface area (TPSA) is 66.8 Å². The smallest absolute Gasteiger partial charge is 0.270 e. The maximum absolute atomic E-state index is 14.3. The molecule has 0 unspecified atom stereocenters. The summed E-state index contributed by atoms with van der Waals surface area (Å²) in [7, 11) is 3.57. The molecule has 2 amide bonds. The molecule has 5 aromatic rings. The van der Waals surface area contributed by atoms with Gasteiger partial charge in [0, 0.05) is 35.1 Å². The highest BCUT2D eigenvalue weighted by Gasteiger charge is 2.36. The van der Waals surface area contributed by atoms with Crippen LogP contribution in [0.25, 0.3) is 21.9 Å². The number of carbonyl (C=O) groups excluding carboxylic acids is 2. The Morgan fingerprint density at radius 1 is 0.844 bits per heavy atom. The second-order valence-electron chi connectivity index (χ2n) is 12.4. The lowest BCUT2D eigenvalue weighted by molar-refractivity contribution is 0.0509. The molecule has 4 aromatic carbocycles. The van der Waals surface area contributed by atoms with Crippen molar-refractivity contribution in [2.24, 2.45) is 0 Å². The second-order valence-corrected chi connectivity index (χ2v) is 12.4. The number of aromatic nitrogens is 1. The van der Waals surface area contributed by atoms with E-state index in [1.165, 1.54) is 0 Å². The molecule has 7 rings (SSSR count). The predicted molar refractivity (Wildman–Crippen MR) is 179 cm³/mol. The predicted octanol–water partition coefficient (Wildman–Crippen LogP) is 6.74. The standard InChI is InChI=1S/C38H38N4O3/c1-38(19-21-39-22-20-38)40(2)37(44)34-18-16-29-25-42(33-14-7-5-10-28(33)24-41(29)34)36(43)27-15-17-32(35(23-27)45-3)31-13-8-11-26-9-4-6-12-30(26)31/h4-18,23,39H,19-22,24-25H2,1-3H3. The van der Waals surface area contributed by atoms with Gasteiger partial charge in [0.25, 0.3) is 11.8 Å². The van der Waals surface area contributed by atoms with Crippen LogP contribution < -0.4 is 15.0 Å². The van der Waals surface area contributed by atoms with Crippen molar-refractivity contribution >= 4 is 28.3 Å². The van der Waals surface area contributed by atoms with Crippen molar-refractivity contribution in [3.8, 4) is 16.9 Å². The zero-order chi connectivity index (χ0) is 31.1. The molecule has 1 aromatic heterocycles. The first-order chi connectivity index (χ1) is 21.9. The quantitative estimate of drug-likeness (QED) is 0.243. The summed E-state index contributed by atoms with van der Waals surface area (Å²) >= 11 is 0. The highest BCUT2D eigenvalue weighted by molar-refractivity contribution is 6.08. The zero-order valence-corrected chi connectivity index (χ0v) is 26.0. The fourth-order valence-electron chi connectivity index (χ4n) is 6.91. The zero-order valence-electron chi connectivity index (χ0n) is 26.0. The Morgan fingerprint density at radius 2 is 1.60 bits per heavy atom. The number of carbonyl (C=O) groups is 2. The molecule has 7 nitrogen and oxygen atoms in total. The van der Waals surface area contributed by atoms with Gasteiger partial charge in [-0.1, -0.05) is 60.7 Å². The minimum absolute atomic E-state index is 0.0108. The van der Waals surface area contributed by atoms with E-state index in [9.17, 15) is 9.59 Å². The number of hydrogen-bond donors (Lipinski definition) is 1. The van der Waals surface area contributed by atoms with Crippen molar-refractivity contribution in [3.63, 3.8) is 0 Å². The third-order valence-corrected chi connectivity index (χ3v) is 9.79. The Balaban J connectivity index is 1.24. The maximum atomic E-state index is 14.3. The van der Waals surface area contributed by atoms with Crippen LogP contribution >= 0.6 is 0 Å². The van der Waals surface area contributed by atoms with Crippen LogP contribution in [0.1, 0.15) is 51.9 Å². The Hall–Kier alpha value is -4.88. The lowest BCUT2D eigenvalue weighted by atomic mass is 9.88. The van der Waals surface area contributed by atoms with Gasteiger partial charge in [0.05, 0.1) is 20.2 Å². The summed E-state index contributed by atoms with van der Waals surface area (Å²) < 4.78 is 7.95. The Bertz CT molecular complexity index is 1910. The van der Waals surface area contributed by atoms with E-state index in [0.717, 1.165) is 64.8 Å². The number of rotatable bonds is 5. The van der Waals surface area contributed by atoms with Gasteiger partial charge in [-0.25, -0.2) is 0 Å². The molecular weight excluding hydrogens is 560 g/mol. The van der Waals surface area contributed by atoms with Gasteiger partial charge >= 0.3 is 0 Å². The number of ether oxygens (including phenoxy) is 1. The summed E-state index contributed by atoms with van der Waals surface area (Å²) in [6.07, 6.45) is 1.83. The minimum Gasteiger partial charge on any atom is -0.496 e. The summed E-state index contributed by atoms with van der Waals surface area (Å²) in [6, 6.07) is 32.1. The molecular formula is C38H38N4O3. The van der Waals surface area contributed by atoms with Gasteiger partial charge < -0.3 is 24.4 Å². The van der Waals surface area contributed by atoms with Gasteiger partial charge in [0.1, 0.15) is 11.4 Å². The molecule has 2 aliphatic rings. The minimum atomic E-state index is -0.199. The van der Waals surface area contributed by atoms with Crippen LogP contribution in [0.5, 0.6) is 5.75 Å². The number of nitrogens with zero attached hydrogens (tertiary/aromatic N) is 3. The van der Waals surface area contributed by atoms with Gasteiger partial charge in [-0.3, -0.25) is 9.59 Å². The molecule has 3 heterocycles. The first kappa shape index (κ1) is 28.9. The molecule has 2 aliphatic heterocycles. The van der Waals surface area contributed by atoms with Gasteiger partial charge in [0.15, 0.2) is 0 Å². The van der Waals surface area contributed by atoms with Gasteiger partial charge in [-0.2, -0.15) is 0 Å². The molecule has 0 spiro atoms. The summed E-state index contributed by atoms with van der Waals surface area (Å²) in [5, 5.41) is 5.68. The van der Waals surface area contributed by atoms with E-state index < -0.39 is 0 Å². The van der Waals surface area contributed by atoms with E-state index in [1.54, 1.807) is 7.11 Å². The fraction of sp³-hybridized carbons (Fsp3) is 0.263. The molecule has 0 bridgehead atoms. The Kier molecular flexibility index (Phi) is 7.42. The lowest BCUT2D eigenvalue weighted by Crippen LogP contribution is -2.53. The molecule has 1 fully saturated rings. The SMILES string of the molecule is COc1cc(C(=O)N2Cc3ccc(C(=O)N(C)C4(C)CCNCC4)n3Cc3ccccc32)ccc1-c1cccc2ccccc12. The summed E-state index contributed by atoms with van der Waals surface area (Å²) in [5.74, 6) is 0.537. The number of nitrogens with one attached hydrogen (secondary N) is 1. The molecule has 0 saturated carbocycles. The fourth-order valence-corrected chi connectivity index (χ4v) is 6.91. The maximum Gasteiger partial charge on any atom is 0.270 e. The van der Waals surface area contributed by atoms with E-state index in [0.29, 0.717) is 30.1 Å². The largest absolute Gasteiger partial charge is 0.496 e. The number of para-hydroxylation sites is 1. The highest BCUT2D eigenvalue weighted by Crippen LogP contribution is 2.37. The summed E-state index contributed by atoms with van der Waals surface area (Å²) in [5.41, 5.74) is 5.75. The molecule has 0 aliphatic carbocycles. The van der Waals surface area contributed by atoms with Crippen molar-refractivity contribution in [3.05, 3.63) is 120 Å². The first-order valence-corrected chi connectivity index (χ1v) is 15.6. The molecule has 45 heavy (non-hydrogen) atoms. The van der Waals surface area contributed by atoms with Crippen LogP contribution in [0.2, 0.25) is 0 Å². The van der Waals surface area contributed by atoms with Crippen LogP contribution in [0.4, 0.5) is 5.69 Å². The third-order valence-electron chi connectivity index (χ3n) is 9.79. The third kappa shape index (κ3) is 5.07. The molecule has 228 valence electrons. The van der Waals surface area contributed by atoms with E-state index in [4.69, 9.17) is 4.74 Å². The van der Waals surface area contributed by atoms with E-state index in [-0.39, 0.29) is 17.4 Å². The number of piperidine rings is 1. The summed E-state index contributed by atoms with van der Waals surface area (Å²) in [6.45, 7) is 4.84. The first-order valence-electron chi connectivity index (χ1n) is 15.6. The summed E-state index contributed by atoms with van der Waals surface area (Å²) in [4.78, 5) is 32.0. The van der Waals surface area contributed by atoms with E-state index >= 15 is 0 Å². The number of benzene rings is 4. The number of amides is 2. The highest BCUT2D eigenvalue weighted by atomic mass is 16.5. The van der Waals surface area contributed by atoms with Crippen molar-refractivity contribution in [2.45, 2.75) is 38.4 Å². The Labute approximate surface area is 264 Å². The average molecular weight is 599 g/mol. The monoisotopic (exact) mass is 598 g/mol. The van der Waals surface area contributed by atoms with Crippen LogP contribution in [0, 0.1) is 0 Å². The van der Waals surface area contributed by atoms with Gasteiger partial charge in [0.2, 0.25) is 0 Å². The Morgan fingerprint density at radius 3 is 2.42 bits per heavy atom. The van der Waals surface area contributed by atoms with Crippen LogP contribution in [-0.2, 0) is 13.1 Å². The van der Waals surface area contributed by atoms with Crippen LogP contribution in [-0.4, -0.2) is 54.1 Å². The van der Waals surface area contributed by atoms with Gasteiger partial charge in [-0.15, -0.1) is 0 Å².